The van der Waals surface area contributed by atoms with Crippen LogP contribution >= 0.6 is 15.9 Å². The van der Waals surface area contributed by atoms with Gasteiger partial charge in [-0.05, 0) is 39.7 Å². The van der Waals surface area contributed by atoms with Crippen molar-refractivity contribution in [2.45, 2.75) is 0 Å². The van der Waals surface area contributed by atoms with E-state index < -0.39 is 0 Å². The molecule has 0 spiro atoms. The molecular formula is C10H8BrO2. The Morgan fingerprint density at radius 3 is 2.77 bits per heavy atom. The number of carbonyl (C=O) groups excluding carboxylic acids is 1. The number of esters is 1. The SMILES string of the molecule is C=[C]c1ccc(C(=O)OC)c(Br)c1. The molecular weight excluding hydrogens is 232 g/mol. The lowest BCUT2D eigenvalue weighted by Gasteiger charge is -2.02. The Balaban J connectivity index is 3.12. The summed E-state index contributed by atoms with van der Waals surface area (Å²) in [6.45, 7) is 3.50. The third-order valence-electron chi connectivity index (χ3n) is 1.58. The standard InChI is InChI=1S/C10H8BrO2/c1-3-7-4-5-8(9(11)6-7)10(12)13-2/h4-6H,1H2,2H3. The summed E-state index contributed by atoms with van der Waals surface area (Å²) < 4.78 is 5.27. The Hall–Kier alpha value is -1.09. The summed E-state index contributed by atoms with van der Waals surface area (Å²) in [4.78, 5) is 11.1. The van der Waals surface area contributed by atoms with Crippen LogP contribution in [0.2, 0.25) is 0 Å². The average molecular weight is 240 g/mol. The van der Waals surface area contributed by atoms with Crippen molar-refractivity contribution in [3.8, 4) is 0 Å². The minimum absolute atomic E-state index is 0.359. The highest BCUT2D eigenvalue weighted by molar-refractivity contribution is 9.10. The minimum atomic E-state index is -0.359. The van der Waals surface area contributed by atoms with Crippen LogP contribution in [-0.4, -0.2) is 13.1 Å². The van der Waals surface area contributed by atoms with Gasteiger partial charge in [0.15, 0.2) is 0 Å². The first-order valence-electron chi connectivity index (χ1n) is 3.60. The number of rotatable bonds is 2. The highest BCUT2D eigenvalue weighted by Gasteiger charge is 2.09. The van der Waals surface area contributed by atoms with Crippen LogP contribution in [0, 0.1) is 6.08 Å². The van der Waals surface area contributed by atoms with E-state index in [4.69, 9.17) is 0 Å². The van der Waals surface area contributed by atoms with Gasteiger partial charge in [-0.1, -0.05) is 12.6 Å². The zero-order chi connectivity index (χ0) is 9.84. The van der Waals surface area contributed by atoms with E-state index in [0.717, 1.165) is 5.56 Å². The van der Waals surface area contributed by atoms with Crippen LogP contribution in [0.3, 0.4) is 0 Å². The van der Waals surface area contributed by atoms with Gasteiger partial charge in [0, 0.05) is 4.47 Å². The Labute approximate surface area is 85.3 Å². The summed E-state index contributed by atoms with van der Waals surface area (Å²) in [5.74, 6) is -0.359. The quantitative estimate of drug-likeness (QED) is 0.742. The third kappa shape index (κ3) is 2.18. The molecule has 0 N–H and O–H groups in total. The van der Waals surface area contributed by atoms with Gasteiger partial charge < -0.3 is 4.74 Å². The van der Waals surface area contributed by atoms with E-state index in [1.807, 2.05) is 0 Å². The maximum Gasteiger partial charge on any atom is 0.339 e. The monoisotopic (exact) mass is 239 g/mol. The fraction of sp³-hybridized carbons (Fsp3) is 0.100. The number of benzene rings is 1. The fourth-order valence-electron chi connectivity index (χ4n) is 0.901. The second-order valence-corrected chi connectivity index (χ2v) is 3.22. The lowest BCUT2D eigenvalue weighted by Crippen LogP contribution is -2.02. The van der Waals surface area contributed by atoms with Crippen molar-refractivity contribution >= 4 is 21.9 Å². The van der Waals surface area contributed by atoms with E-state index in [2.05, 4.69) is 33.3 Å². The maximum absolute atomic E-state index is 11.1. The van der Waals surface area contributed by atoms with Crippen molar-refractivity contribution in [3.05, 3.63) is 46.5 Å². The van der Waals surface area contributed by atoms with Crippen molar-refractivity contribution in [1.82, 2.24) is 0 Å². The molecule has 0 amide bonds. The summed E-state index contributed by atoms with van der Waals surface area (Å²) in [6.07, 6.45) is 2.72. The molecule has 3 heteroatoms. The summed E-state index contributed by atoms with van der Waals surface area (Å²) in [7, 11) is 1.35. The van der Waals surface area contributed by atoms with Gasteiger partial charge in [0.05, 0.1) is 12.7 Å². The molecule has 1 radical (unpaired) electrons. The maximum atomic E-state index is 11.1. The molecule has 0 saturated heterocycles. The molecule has 0 fully saturated rings. The van der Waals surface area contributed by atoms with Gasteiger partial charge >= 0.3 is 5.97 Å². The molecule has 0 bridgehead atoms. The summed E-state index contributed by atoms with van der Waals surface area (Å²) in [6, 6.07) is 5.19. The largest absolute Gasteiger partial charge is 0.465 e. The molecule has 1 rings (SSSR count). The van der Waals surface area contributed by atoms with Crippen LogP contribution < -0.4 is 0 Å². The number of halogens is 1. The molecule has 0 atom stereocenters. The predicted octanol–water partition coefficient (Wildman–Crippen LogP) is 2.57. The number of hydrogen-bond acceptors (Lipinski definition) is 2. The Morgan fingerprint density at radius 1 is 1.62 bits per heavy atom. The summed E-state index contributed by atoms with van der Waals surface area (Å²) >= 11 is 3.26. The topological polar surface area (TPSA) is 26.3 Å². The molecule has 0 saturated carbocycles. The normalized spacial score (nSPS) is 9.38. The van der Waals surface area contributed by atoms with Crippen LogP contribution in [0.1, 0.15) is 15.9 Å². The van der Waals surface area contributed by atoms with Crippen LogP contribution in [0.25, 0.3) is 0 Å². The fourth-order valence-corrected chi connectivity index (χ4v) is 1.44. The van der Waals surface area contributed by atoms with E-state index in [0.29, 0.717) is 10.0 Å². The lowest BCUT2D eigenvalue weighted by atomic mass is 10.1. The zero-order valence-corrected chi connectivity index (χ0v) is 8.72. The van der Waals surface area contributed by atoms with Crippen LogP contribution in [0.4, 0.5) is 0 Å². The van der Waals surface area contributed by atoms with E-state index in [1.165, 1.54) is 7.11 Å². The molecule has 2 nitrogen and oxygen atoms in total. The van der Waals surface area contributed by atoms with Gasteiger partial charge in [0.1, 0.15) is 0 Å². The van der Waals surface area contributed by atoms with E-state index in [-0.39, 0.29) is 5.97 Å². The second kappa shape index (κ2) is 4.23. The third-order valence-corrected chi connectivity index (χ3v) is 2.23. The molecule has 13 heavy (non-hydrogen) atoms. The number of carbonyl (C=O) groups is 1. The van der Waals surface area contributed by atoms with Gasteiger partial charge in [0.2, 0.25) is 0 Å². The van der Waals surface area contributed by atoms with Crippen LogP contribution in [-0.2, 0) is 4.74 Å². The van der Waals surface area contributed by atoms with E-state index in [9.17, 15) is 4.79 Å². The van der Waals surface area contributed by atoms with Crippen molar-refractivity contribution in [1.29, 1.82) is 0 Å². The predicted molar refractivity (Wildman–Crippen MR) is 53.5 cm³/mol. The smallest absolute Gasteiger partial charge is 0.339 e. The first kappa shape index (κ1) is 9.99. The highest BCUT2D eigenvalue weighted by Crippen LogP contribution is 2.19. The molecule has 1 aromatic rings. The molecule has 0 aromatic heterocycles. The first-order valence-corrected chi connectivity index (χ1v) is 4.39. The Bertz CT molecular complexity index is 345. The molecule has 0 aliphatic rings. The molecule has 0 unspecified atom stereocenters. The van der Waals surface area contributed by atoms with Gasteiger partial charge in [0.25, 0.3) is 0 Å². The number of methoxy groups -OCH3 is 1. The van der Waals surface area contributed by atoms with Crippen molar-refractivity contribution in [3.63, 3.8) is 0 Å². The van der Waals surface area contributed by atoms with Crippen molar-refractivity contribution in [2.75, 3.05) is 7.11 Å². The first-order chi connectivity index (χ1) is 6.19. The van der Waals surface area contributed by atoms with Crippen LogP contribution in [0.15, 0.2) is 29.3 Å². The molecule has 67 valence electrons. The summed E-state index contributed by atoms with van der Waals surface area (Å²) in [5.41, 5.74) is 1.33. The van der Waals surface area contributed by atoms with Crippen molar-refractivity contribution in [2.24, 2.45) is 0 Å². The Morgan fingerprint density at radius 2 is 2.31 bits per heavy atom. The van der Waals surface area contributed by atoms with Gasteiger partial charge in [-0.15, -0.1) is 0 Å². The van der Waals surface area contributed by atoms with Crippen molar-refractivity contribution < 1.29 is 9.53 Å². The molecule has 0 aliphatic carbocycles. The van der Waals surface area contributed by atoms with Crippen LogP contribution in [0.5, 0.6) is 0 Å². The van der Waals surface area contributed by atoms with Gasteiger partial charge in [-0.3, -0.25) is 0 Å². The zero-order valence-electron chi connectivity index (χ0n) is 7.13. The second-order valence-electron chi connectivity index (χ2n) is 2.36. The highest BCUT2D eigenvalue weighted by atomic mass is 79.9. The van der Waals surface area contributed by atoms with E-state index >= 15 is 0 Å². The number of hydrogen-bond donors (Lipinski definition) is 0. The molecule has 0 aliphatic heterocycles. The number of ether oxygens (including phenoxy) is 1. The van der Waals surface area contributed by atoms with Gasteiger partial charge in [-0.2, -0.15) is 0 Å². The van der Waals surface area contributed by atoms with Gasteiger partial charge in [-0.25, -0.2) is 4.79 Å². The molecule has 1 aromatic carbocycles. The van der Waals surface area contributed by atoms with E-state index in [1.54, 1.807) is 18.2 Å². The average Bonchev–Trinajstić information content (AvgIpc) is 2.16. The Kier molecular flexibility index (Phi) is 3.25. The molecule has 0 heterocycles. The minimum Gasteiger partial charge on any atom is -0.465 e. The summed E-state index contributed by atoms with van der Waals surface area (Å²) in [5, 5.41) is 0. The lowest BCUT2D eigenvalue weighted by molar-refractivity contribution is 0.0599.